The molecule has 0 heterocycles. The Bertz CT molecular complexity index is 454. The van der Waals surface area contributed by atoms with E-state index >= 15 is 0 Å². The molecule has 1 atom stereocenters. The fourth-order valence-electron chi connectivity index (χ4n) is 1.72. The van der Waals surface area contributed by atoms with Gasteiger partial charge in [-0.05, 0) is 31.5 Å². The van der Waals surface area contributed by atoms with Gasteiger partial charge < -0.3 is 15.8 Å². The summed E-state index contributed by atoms with van der Waals surface area (Å²) >= 11 is 5.74. The molecule has 3 N–H and O–H groups in total. The Morgan fingerprint density at radius 2 is 1.95 bits per heavy atom. The van der Waals surface area contributed by atoms with Crippen LogP contribution in [-0.4, -0.2) is 25.8 Å². The van der Waals surface area contributed by atoms with E-state index in [1.54, 1.807) is 7.11 Å². The molecule has 0 spiro atoms. The lowest BCUT2D eigenvalue weighted by atomic mass is 9.97. The van der Waals surface area contributed by atoms with Gasteiger partial charge in [0.2, 0.25) is 0 Å². The Labute approximate surface area is 121 Å². The smallest absolute Gasteiger partial charge is 0.385 e. The molecule has 1 rings (SSSR count). The van der Waals surface area contributed by atoms with Crippen LogP contribution in [0.2, 0.25) is 5.02 Å². The highest BCUT2D eigenvalue weighted by atomic mass is 35.5. The summed E-state index contributed by atoms with van der Waals surface area (Å²) < 4.78 is 43.2. The summed E-state index contributed by atoms with van der Waals surface area (Å²) in [6.07, 6.45) is -3.87. The third kappa shape index (κ3) is 4.85. The number of anilines is 1. The number of hydrogen-bond acceptors (Lipinski definition) is 3. The van der Waals surface area contributed by atoms with Crippen molar-refractivity contribution in [1.82, 2.24) is 0 Å². The van der Waals surface area contributed by atoms with E-state index in [4.69, 9.17) is 22.1 Å². The summed E-state index contributed by atoms with van der Waals surface area (Å²) in [7, 11) is 1.55. The van der Waals surface area contributed by atoms with Gasteiger partial charge in [0, 0.05) is 36.5 Å². The summed E-state index contributed by atoms with van der Waals surface area (Å²) in [5.41, 5.74) is 4.61. The maximum Gasteiger partial charge on any atom is 0.416 e. The van der Waals surface area contributed by atoms with E-state index in [1.807, 2.05) is 6.92 Å². The largest absolute Gasteiger partial charge is 0.416 e. The number of nitrogens with one attached hydrogen (secondary N) is 1. The average Bonchev–Trinajstić information content (AvgIpc) is 2.34. The average molecular weight is 311 g/mol. The van der Waals surface area contributed by atoms with Gasteiger partial charge in [-0.1, -0.05) is 11.6 Å². The minimum Gasteiger partial charge on any atom is -0.385 e. The summed E-state index contributed by atoms with van der Waals surface area (Å²) in [6.45, 7) is 2.53. The number of rotatable bonds is 6. The first-order chi connectivity index (χ1) is 9.20. The lowest BCUT2D eigenvalue weighted by molar-refractivity contribution is -0.137. The fraction of sp³-hybridized carbons (Fsp3) is 0.538. The first kappa shape index (κ1) is 17.1. The molecule has 0 saturated carbocycles. The normalized spacial score (nSPS) is 14.9. The van der Waals surface area contributed by atoms with Crippen molar-refractivity contribution in [1.29, 1.82) is 0 Å². The van der Waals surface area contributed by atoms with E-state index in [9.17, 15) is 13.2 Å². The quantitative estimate of drug-likeness (QED) is 0.845. The molecule has 0 aromatic heterocycles. The molecule has 1 unspecified atom stereocenters. The molecule has 0 saturated heterocycles. The molecule has 1 aromatic rings. The van der Waals surface area contributed by atoms with Crippen LogP contribution in [0.25, 0.3) is 0 Å². The summed E-state index contributed by atoms with van der Waals surface area (Å²) in [6, 6.07) is 3.35. The van der Waals surface area contributed by atoms with Gasteiger partial charge in [0.05, 0.1) is 5.56 Å². The van der Waals surface area contributed by atoms with Crippen LogP contribution in [0.3, 0.4) is 0 Å². The van der Waals surface area contributed by atoms with Crippen LogP contribution in [0, 0.1) is 0 Å². The third-order valence-corrected chi connectivity index (χ3v) is 3.20. The van der Waals surface area contributed by atoms with Crippen LogP contribution in [-0.2, 0) is 10.9 Å². The van der Waals surface area contributed by atoms with Gasteiger partial charge in [0.15, 0.2) is 0 Å². The van der Waals surface area contributed by atoms with Gasteiger partial charge in [-0.15, -0.1) is 0 Å². The Morgan fingerprint density at radius 3 is 2.45 bits per heavy atom. The fourth-order valence-corrected chi connectivity index (χ4v) is 1.95. The monoisotopic (exact) mass is 310 g/mol. The van der Waals surface area contributed by atoms with Gasteiger partial charge in [0.25, 0.3) is 0 Å². The molecule has 0 fully saturated rings. The molecule has 3 nitrogen and oxygen atoms in total. The zero-order valence-corrected chi connectivity index (χ0v) is 12.1. The number of methoxy groups -OCH3 is 1. The Kier molecular flexibility index (Phi) is 5.68. The van der Waals surface area contributed by atoms with Crippen LogP contribution in [0.15, 0.2) is 18.2 Å². The minimum atomic E-state index is -4.44. The zero-order chi connectivity index (χ0) is 15.4. The second kappa shape index (κ2) is 6.65. The Morgan fingerprint density at radius 1 is 1.30 bits per heavy atom. The third-order valence-electron chi connectivity index (χ3n) is 2.98. The number of benzene rings is 1. The minimum absolute atomic E-state index is 0.0217. The summed E-state index contributed by atoms with van der Waals surface area (Å²) in [4.78, 5) is 0. The number of hydrogen-bond donors (Lipinski definition) is 2. The van der Waals surface area contributed by atoms with E-state index in [1.165, 1.54) is 6.07 Å². The van der Waals surface area contributed by atoms with Crippen LogP contribution in [0.1, 0.15) is 18.9 Å². The molecule has 0 aliphatic heterocycles. The lowest BCUT2D eigenvalue weighted by Crippen LogP contribution is -2.43. The second-order valence-corrected chi connectivity index (χ2v) is 5.30. The highest BCUT2D eigenvalue weighted by Crippen LogP contribution is 2.34. The molecule has 0 aliphatic carbocycles. The number of nitrogens with two attached hydrogens (primary N) is 1. The van der Waals surface area contributed by atoms with Crippen LogP contribution in [0.5, 0.6) is 0 Å². The molecule has 7 heteroatoms. The van der Waals surface area contributed by atoms with E-state index in [2.05, 4.69) is 5.32 Å². The molecular weight excluding hydrogens is 293 g/mol. The van der Waals surface area contributed by atoms with Crippen molar-refractivity contribution in [2.24, 2.45) is 5.73 Å². The predicted octanol–water partition coefficient (Wildman–Crippen LogP) is 3.52. The Hall–Kier alpha value is -0.980. The zero-order valence-electron chi connectivity index (χ0n) is 11.4. The molecule has 1 aromatic carbocycles. The summed E-state index contributed by atoms with van der Waals surface area (Å²) in [5, 5.41) is 3.03. The molecule has 0 bridgehead atoms. The SMILES string of the molecule is COCCC(C)(CN)Nc1cc(Cl)cc(C(F)(F)F)c1. The highest BCUT2D eigenvalue weighted by Gasteiger charge is 2.32. The van der Waals surface area contributed by atoms with Crippen molar-refractivity contribution in [2.75, 3.05) is 25.6 Å². The predicted molar refractivity (Wildman–Crippen MR) is 74.0 cm³/mol. The molecule has 0 aliphatic rings. The second-order valence-electron chi connectivity index (χ2n) is 4.86. The molecule has 20 heavy (non-hydrogen) atoms. The lowest BCUT2D eigenvalue weighted by Gasteiger charge is -2.30. The maximum atomic E-state index is 12.7. The van der Waals surface area contributed by atoms with Crippen LogP contribution >= 0.6 is 11.6 Å². The number of halogens is 4. The molecule has 0 amide bonds. The summed E-state index contributed by atoms with van der Waals surface area (Å²) in [5.74, 6) is 0. The topological polar surface area (TPSA) is 47.3 Å². The van der Waals surface area contributed by atoms with Crippen molar-refractivity contribution in [3.8, 4) is 0 Å². The van der Waals surface area contributed by atoms with E-state index < -0.39 is 17.3 Å². The molecule has 0 radical (unpaired) electrons. The van der Waals surface area contributed by atoms with Crippen LogP contribution in [0.4, 0.5) is 18.9 Å². The highest BCUT2D eigenvalue weighted by molar-refractivity contribution is 6.30. The first-order valence-electron chi connectivity index (χ1n) is 6.05. The molecule has 114 valence electrons. The van der Waals surface area contributed by atoms with Crippen molar-refractivity contribution in [3.05, 3.63) is 28.8 Å². The first-order valence-corrected chi connectivity index (χ1v) is 6.43. The van der Waals surface area contributed by atoms with E-state index in [0.29, 0.717) is 13.0 Å². The van der Waals surface area contributed by atoms with Crippen LogP contribution < -0.4 is 11.1 Å². The van der Waals surface area contributed by atoms with Gasteiger partial charge in [-0.25, -0.2) is 0 Å². The number of alkyl halides is 3. The van der Waals surface area contributed by atoms with Crippen molar-refractivity contribution in [3.63, 3.8) is 0 Å². The van der Waals surface area contributed by atoms with Crippen molar-refractivity contribution in [2.45, 2.75) is 25.1 Å². The Balaban J connectivity index is 2.99. The van der Waals surface area contributed by atoms with E-state index in [-0.39, 0.29) is 17.3 Å². The van der Waals surface area contributed by atoms with Gasteiger partial charge in [-0.2, -0.15) is 13.2 Å². The number of ether oxygens (including phenoxy) is 1. The van der Waals surface area contributed by atoms with E-state index in [0.717, 1.165) is 12.1 Å². The van der Waals surface area contributed by atoms with Crippen molar-refractivity contribution < 1.29 is 17.9 Å². The standard InChI is InChI=1S/C13H18ClF3N2O/c1-12(8-18,3-4-20-2)19-11-6-9(13(15,16)17)5-10(14)7-11/h5-7,19H,3-4,8,18H2,1-2H3. The van der Waals surface area contributed by atoms with Gasteiger partial charge in [-0.3, -0.25) is 0 Å². The van der Waals surface area contributed by atoms with Crippen molar-refractivity contribution >= 4 is 17.3 Å². The van der Waals surface area contributed by atoms with Gasteiger partial charge in [0.1, 0.15) is 0 Å². The molecular formula is C13H18ClF3N2O. The van der Waals surface area contributed by atoms with Gasteiger partial charge >= 0.3 is 6.18 Å². The maximum absolute atomic E-state index is 12.7.